The molecule has 0 aliphatic carbocycles. The Kier molecular flexibility index (Phi) is 7.36. The zero-order valence-electron chi connectivity index (χ0n) is 18.5. The topological polar surface area (TPSA) is 100 Å². The second-order valence-corrected chi connectivity index (χ2v) is 8.42. The van der Waals surface area contributed by atoms with Crippen molar-refractivity contribution in [3.8, 4) is 16.9 Å². The number of aromatic hydroxyl groups is 1. The number of benzene rings is 3. The molecule has 7 nitrogen and oxygen atoms in total. The third-order valence-electron chi connectivity index (χ3n) is 6.03. The molecule has 0 aromatic heterocycles. The lowest BCUT2D eigenvalue weighted by molar-refractivity contribution is -0.991. The predicted octanol–water partition coefficient (Wildman–Crippen LogP) is 3.03. The Morgan fingerprint density at radius 2 is 1.58 bits per heavy atom. The van der Waals surface area contributed by atoms with Gasteiger partial charge < -0.3 is 15.6 Å². The Bertz CT molecular complexity index is 1080. The molecule has 1 saturated heterocycles. The lowest BCUT2D eigenvalue weighted by atomic mass is 10.0. The van der Waals surface area contributed by atoms with Gasteiger partial charge in [-0.3, -0.25) is 9.69 Å². The number of nitrogens with one attached hydrogen (secondary N) is 2. The van der Waals surface area contributed by atoms with Gasteiger partial charge in [0, 0.05) is 24.7 Å². The van der Waals surface area contributed by atoms with Crippen molar-refractivity contribution in [1.29, 1.82) is 0 Å². The Hall–Kier alpha value is -3.23. The predicted molar refractivity (Wildman–Crippen MR) is 126 cm³/mol. The normalized spacial score (nSPS) is 14.8. The van der Waals surface area contributed by atoms with Crippen molar-refractivity contribution < 1.29 is 20.3 Å². The molecule has 0 radical (unpaired) electrons. The molecule has 1 amide bonds. The molecule has 0 bridgehead atoms. The van der Waals surface area contributed by atoms with Crippen LogP contribution in [0.4, 0.5) is 5.69 Å². The Labute approximate surface area is 193 Å². The van der Waals surface area contributed by atoms with Crippen LogP contribution < -0.4 is 10.5 Å². The van der Waals surface area contributed by atoms with Gasteiger partial charge in [-0.15, -0.1) is 0 Å². The molecular weight excluding hydrogens is 418 g/mol. The standard InChI is InChI=1S/C26H29N3O4/c30-25-12-11-23(17-24(25)29(32)33)21-7-9-22(10-8-21)26(31)27-14-13-19-3-5-20(6-4-19)18-28-15-1-2-16-28/h3-12,17,29-30,32H,1-2,13-16,18H2,(H,27,31). The van der Waals surface area contributed by atoms with E-state index in [4.69, 9.17) is 0 Å². The summed E-state index contributed by atoms with van der Waals surface area (Å²) < 4.78 is 0. The highest BCUT2D eigenvalue weighted by atomic mass is 16.8. The van der Waals surface area contributed by atoms with Gasteiger partial charge >= 0.3 is 0 Å². The summed E-state index contributed by atoms with van der Waals surface area (Å²) in [4.78, 5) is 15.0. The van der Waals surface area contributed by atoms with Gasteiger partial charge in [0.1, 0.15) is 0 Å². The maximum Gasteiger partial charge on any atom is 0.251 e. The molecule has 3 aromatic carbocycles. The van der Waals surface area contributed by atoms with Crippen molar-refractivity contribution in [3.05, 3.63) is 88.6 Å². The molecule has 7 heteroatoms. The van der Waals surface area contributed by atoms with Crippen LogP contribution in [-0.2, 0) is 13.0 Å². The molecule has 0 saturated carbocycles. The highest BCUT2D eigenvalue weighted by molar-refractivity contribution is 5.94. The van der Waals surface area contributed by atoms with E-state index in [0.29, 0.717) is 17.7 Å². The van der Waals surface area contributed by atoms with E-state index in [-0.39, 0.29) is 17.3 Å². The molecule has 1 aliphatic heterocycles. The van der Waals surface area contributed by atoms with Crippen LogP contribution in [0, 0.1) is 5.21 Å². The van der Waals surface area contributed by atoms with Gasteiger partial charge in [-0.2, -0.15) is 5.23 Å². The van der Waals surface area contributed by atoms with Crippen molar-refractivity contribution in [1.82, 2.24) is 10.2 Å². The molecule has 172 valence electrons. The maximum absolute atomic E-state index is 12.5. The van der Waals surface area contributed by atoms with E-state index < -0.39 is 5.23 Å². The van der Waals surface area contributed by atoms with Crippen LogP contribution in [0.25, 0.3) is 11.1 Å². The molecule has 33 heavy (non-hydrogen) atoms. The summed E-state index contributed by atoms with van der Waals surface area (Å²) in [6.07, 6.45) is 3.35. The summed E-state index contributed by atoms with van der Waals surface area (Å²) in [5.41, 5.74) is 4.33. The van der Waals surface area contributed by atoms with Crippen molar-refractivity contribution >= 4 is 11.6 Å². The zero-order chi connectivity index (χ0) is 23.2. The number of carbonyl (C=O) groups is 1. The van der Waals surface area contributed by atoms with Crippen LogP contribution in [0.1, 0.15) is 34.3 Å². The average Bonchev–Trinajstić information content (AvgIpc) is 3.33. The highest BCUT2D eigenvalue weighted by Gasteiger charge is 2.12. The van der Waals surface area contributed by atoms with Crippen molar-refractivity contribution in [2.75, 3.05) is 19.6 Å². The highest BCUT2D eigenvalue weighted by Crippen LogP contribution is 2.27. The Morgan fingerprint density at radius 3 is 2.24 bits per heavy atom. The number of hydrogen-bond donors (Lipinski definition) is 4. The monoisotopic (exact) mass is 447 g/mol. The molecule has 1 aliphatic rings. The van der Waals surface area contributed by atoms with E-state index in [0.717, 1.165) is 18.5 Å². The summed E-state index contributed by atoms with van der Waals surface area (Å²) in [6, 6.07) is 20.0. The van der Waals surface area contributed by atoms with E-state index in [1.165, 1.54) is 49.2 Å². The Balaban J connectivity index is 1.29. The van der Waals surface area contributed by atoms with Gasteiger partial charge in [0.15, 0.2) is 5.75 Å². The van der Waals surface area contributed by atoms with E-state index >= 15 is 0 Å². The van der Waals surface area contributed by atoms with Crippen LogP contribution in [0.15, 0.2) is 66.7 Å². The second kappa shape index (κ2) is 10.6. The first-order valence-electron chi connectivity index (χ1n) is 11.2. The number of phenolic OH excluding ortho intramolecular Hbond substituents is 1. The van der Waals surface area contributed by atoms with Gasteiger partial charge in [0.2, 0.25) is 5.69 Å². The van der Waals surface area contributed by atoms with E-state index in [1.54, 1.807) is 30.3 Å². The fourth-order valence-electron chi connectivity index (χ4n) is 4.13. The molecule has 1 unspecified atom stereocenters. The number of rotatable bonds is 8. The lowest BCUT2D eigenvalue weighted by Gasteiger charge is -2.14. The first kappa shape index (κ1) is 22.9. The zero-order valence-corrected chi connectivity index (χ0v) is 18.5. The maximum atomic E-state index is 12.5. The lowest BCUT2D eigenvalue weighted by Crippen LogP contribution is -2.99. The molecule has 4 N–H and O–H groups in total. The first-order valence-corrected chi connectivity index (χ1v) is 11.2. The summed E-state index contributed by atoms with van der Waals surface area (Å²) in [7, 11) is 0. The summed E-state index contributed by atoms with van der Waals surface area (Å²) in [5.74, 6) is -0.424. The van der Waals surface area contributed by atoms with Crippen LogP contribution in [-0.4, -0.2) is 40.8 Å². The van der Waals surface area contributed by atoms with Crippen molar-refractivity contribution in [2.24, 2.45) is 0 Å². The third kappa shape index (κ3) is 5.97. The SMILES string of the molecule is O=C(NCCc1ccc(CN2CCCC2)cc1)c1ccc(-c2ccc(O)c([NH+]([O-])O)c2)cc1. The van der Waals surface area contributed by atoms with Crippen molar-refractivity contribution in [2.45, 2.75) is 25.8 Å². The van der Waals surface area contributed by atoms with Gasteiger partial charge in [0.25, 0.3) is 5.91 Å². The summed E-state index contributed by atoms with van der Waals surface area (Å²) in [5, 5.41) is 31.8. The van der Waals surface area contributed by atoms with Crippen LogP contribution in [0.2, 0.25) is 0 Å². The second-order valence-electron chi connectivity index (χ2n) is 8.42. The van der Waals surface area contributed by atoms with Gasteiger partial charge in [-0.1, -0.05) is 42.5 Å². The molecule has 3 aromatic rings. The number of quaternary nitrogens is 1. The van der Waals surface area contributed by atoms with E-state index in [1.807, 2.05) is 0 Å². The third-order valence-corrected chi connectivity index (χ3v) is 6.03. The molecule has 1 heterocycles. The number of amides is 1. The fourth-order valence-corrected chi connectivity index (χ4v) is 4.13. The van der Waals surface area contributed by atoms with Crippen LogP contribution in [0.3, 0.4) is 0 Å². The molecule has 1 atom stereocenters. The number of phenols is 1. The minimum absolute atomic E-state index is 0.149. The number of hydrogen-bond acceptors (Lipinski definition) is 5. The first-order chi connectivity index (χ1) is 16.0. The van der Waals surface area contributed by atoms with E-state index in [2.05, 4.69) is 34.5 Å². The van der Waals surface area contributed by atoms with Crippen LogP contribution >= 0.6 is 0 Å². The summed E-state index contributed by atoms with van der Waals surface area (Å²) in [6.45, 7) is 3.93. The quantitative estimate of drug-likeness (QED) is 0.314. The van der Waals surface area contributed by atoms with Crippen molar-refractivity contribution in [3.63, 3.8) is 0 Å². The van der Waals surface area contributed by atoms with Gasteiger partial charge in [-0.05, 0) is 72.8 Å². The molecular formula is C26H29N3O4. The summed E-state index contributed by atoms with van der Waals surface area (Å²) >= 11 is 0. The minimum atomic E-state index is -1.19. The molecule has 1 fully saturated rings. The minimum Gasteiger partial charge on any atom is -0.595 e. The molecule has 0 spiro atoms. The Morgan fingerprint density at radius 1 is 0.939 bits per heavy atom. The van der Waals surface area contributed by atoms with Gasteiger partial charge in [0.05, 0.1) is 0 Å². The average molecular weight is 448 g/mol. The number of carbonyl (C=O) groups excluding carboxylic acids is 1. The number of nitrogens with zero attached hydrogens (tertiary/aromatic N) is 1. The largest absolute Gasteiger partial charge is 0.595 e. The van der Waals surface area contributed by atoms with Crippen LogP contribution in [0.5, 0.6) is 5.75 Å². The van der Waals surface area contributed by atoms with Gasteiger partial charge in [-0.25, -0.2) is 5.21 Å². The molecule has 4 rings (SSSR count). The fraction of sp³-hybridized carbons (Fsp3) is 0.269. The number of likely N-dealkylation sites (tertiary alicyclic amines) is 1. The smallest absolute Gasteiger partial charge is 0.251 e. The van der Waals surface area contributed by atoms with E-state index in [9.17, 15) is 20.3 Å².